The Morgan fingerprint density at radius 2 is 2.22 bits per heavy atom. The van der Waals surface area contributed by atoms with Gasteiger partial charge in [-0.05, 0) is 49.0 Å². The van der Waals surface area contributed by atoms with Crippen molar-refractivity contribution in [3.8, 4) is 0 Å². The summed E-state index contributed by atoms with van der Waals surface area (Å²) in [6.07, 6.45) is 2.33. The third-order valence-corrected chi connectivity index (χ3v) is 3.72. The number of nitrogens with one attached hydrogen (secondary N) is 1. The predicted octanol–water partition coefficient (Wildman–Crippen LogP) is 3.68. The summed E-state index contributed by atoms with van der Waals surface area (Å²) in [5.74, 6) is -0.296. The molecular weight excluding hydrogens is 247 g/mol. The van der Waals surface area contributed by atoms with E-state index in [9.17, 15) is 4.39 Å². The molecule has 4 heteroatoms. The molecule has 1 N–H and O–H groups in total. The summed E-state index contributed by atoms with van der Waals surface area (Å²) in [6.45, 7) is 5.14. The van der Waals surface area contributed by atoms with Crippen LogP contribution in [0, 0.1) is 12.7 Å². The molecular formula is C14H17FN2S. The molecule has 0 aliphatic heterocycles. The van der Waals surface area contributed by atoms with E-state index in [0.29, 0.717) is 0 Å². The number of rotatable bonds is 5. The fourth-order valence-corrected chi connectivity index (χ4v) is 2.66. The molecule has 96 valence electrons. The molecule has 2 aromatic rings. The molecule has 2 nitrogen and oxygen atoms in total. The Morgan fingerprint density at radius 1 is 1.39 bits per heavy atom. The van der Waals surface area contributed by atoms with Crippen molar-refractivity contribution >= 4 is 11.3 Å². The van der Waals surface area contributed by atoms with E-state index >= 15 is 0 Å². The fourth-order valence-electron chi connectivity index (χ4n) is 1.91. The topological polar surface area (TPSA) is 24.9 Å². The number of pyridine rings is 1. The van der Waals surface area contributed by atoms with E-state index in [-0.39, 0.29) is 11.9 Å². The monoisotopic (exact) mass is 264 g/mol. The highest BCUT2D eigenvalue weighted by atomic mass is 32.1. The standard InChI is InChI=1S/C14H17FN2S/c1-3-7-16-14(12-6-8-18-10(12)2)13-5-4-11(15)9-17-13/h4-6,8-9,14,16H,3,7H2,1-2H3. The van der Waals surface area contributed by atoms with Crippen LogP contribution in [0.5, 0.6) is 0 Å². The van der Waals surface area contributed by atoms with Crippen LogP contribution in [-0.2, 0) is 0 Å². The van der Waals surface area contributed by atoms with E-state index in [2.05, 4.69) is 35.6 Å². The molecule has 1 unspecified atom stereocenters. The average Bonchev–Trinajstić information content (AvgIpc) is 2.78. The Labute approximate surface area is 111 Å². The lowest BCUT2D eigenvalue weighted by atomic mass is 10.0. The highest BCUT2D eigenvalue weighted by molar-refractivity contribution is 7.10. The first-order chi connectivity index (χ1) is 8.72. The van der Waals surface area contributed by atoms with Gasteiger partial charge in [-0.3, -0.25) is 4.98 Å². The first-order valence-corrected chi connectivity index (χ1v) is 6.99. The van der Waals surface area contributed by atoms with Gasteiger partial charge in [0.1, 0.15) is 5.82 Å². The third kappa shape index (κ3) is 2.94. The summed E-state index contributed by atoms with van der Waals surface area (Å²) >= 11 is 1.72. The maximum absolute atomic E-state index is 12.9. The van der Waals surface area contributed by atoms with E-state index in [1.165, 1.54) is 22.7 Å². The minimum Gasteiger partial charge on any atom is -0.305 e. The molecule has 1 atom stereocenters. The maximum Gasteiger partial charge on any atom is 0.141 e. The fraction of sp³-hybridized carbons (Fsp3) is 0.357. The van der Waals surface area contributed by atoms with Crippen molar-refractivity contribution in [2.75, 3.05) is 6.54 Å². The quantitative estimate of drug-likeness (QED) is 0.891. The highest BCUT2D eigenvalue weighted by Crippen LogP contribution is 2.27. The number of halogens is 1. The first kappa shape index (κ1) is 13.2. The molecule has 0 amide bonds. The lowest BCUT2D eigenvalue weighted by molar-refractivity contribution is 0.576. The van der Waals surface area contributed by atoms with Crippen LogP contribution in [-0.4, -0.2) is 11.5 Å². The van der Waals surface area contributed by atoms with Gasteiger partial charge in [0.25, 0.3) is 0 Å². The van der Waals surface area contributed by atoms with Crippen LogP contribution in [0.1, 0.15) is 35.5 Å². The van der Waals surface area contributed by atoms with Crippen LogP contribution < -0.4 is 5.32 Å². The molecule has 0 spiro atoms. The Morgan fingerprint density at radius 3 is 2.78 bits per heavy atom. The van der Waals surface area contributed by atoms with Gasteiger partial charge in [0.05, 0.1) is 17.9 Å². The molecule has 0 aliphatic carbocycles. The number of nitrogens with zero attached hydrogens (tertiary/aromatic N) is 1. The van der Waals surface area contributed by atoms with Crippen LogP contribution in [0.2, 0.25) is 0 Å². The van der Waals surface area contributed by atoms with Gasteiger partial charge < -0.3 is 5.32 Å². The Hall–Kier alpha value is -1.26. The molecule has 0 aromatic carbocycles. The Bertz CT molecular complexity index is 493. The number of hydrogen-bond acceptors (Lipinski definition) is 3. The summed E-state index contributed by atoms with van der Waals surface area (Å²) in [7, 11) is 0. The second kappa shape index (κ2) is 6.07. The van der Waals surface area contributed by atoms with Crippen LogP contribution >= 0.6 is 11.3 Å². The molecule has 2 heterocycles. The highest BCUT2D eigenvalue weighted by Gasteiger charge is 2.17. The van der Waals surface area contributed by atoms with Gasteiger partial charge in [-0.15, -0.1) is 11.3 Å². The van der Waals surface area contributed by atoms with Crippen LogP contribution in [0.3, 0.4) is 0 Å². The molecule has 0 saturated heterocycles. The Kier molecular flexibility index (Phi) is 4.44. The van der Waals surface area contributed by atoms with Crippen molar-refractivity contribution < 1.29 is 4.39 Å². The van der Waals surface area contributed by atoms with Gasteiger partial charge in [0.2, 0.25) is 0 Å². The lowest BCUT2D eigenvalue weighted by Crippen LogP contribution is -2.24. The smallest absolute Gasteiger partial charge is 0.141 e. The first-order valence-electron chi connectivity index (χ1n) is 6.11. The normalized spacial score (nSPS) is 12.6. The van der Waals surface area contributed by atoms with Crippen molar-refractivity contribution in [3.05, 3.63) is 51.7 Å². The number of thiophene rings is 1. The van der Waals surface area contributed by atoms with Crippen molar-refractivity contribution in [3.63, 3.8) is 0 Å². The second-order valence-corrected chi connectivity index (χ2v) is 5.34. The molecule has 18 heavy (non-hydrogen) atoms. The van der Waals surface area contributed by atoms with E-state index in [1.807, 2.05) is 0 Å². The van der Waals surface area contributed by atoms with E-state index in [1.54, 1.807) is 17.4 Å². The molecule has 0 radical (unpaired) electrons. The van der Waals surface area contributed by atoms with Gasteiger partial charge in [0, 0.05) is 4.88 Å². The minimum atomic E-state index is -0.296. The van der Waals surface area contributed by atoms with Gasteiger partial charge in [-0.2, -0.15) is 0 Å². The zero-order chi connectivity index (χ0) is 13.0. The maximum atomic E-state index is 12.9. The van der Waals surface area contributed by atoms with E-state index in [0.717, 1.165) is 18.7 Å². The summed E-state index contributed by atoms with van der Waals surface area (Å²) in [4.78, 5) is 5.47. The average molecular weight is 264 g/mol. The number of hydrogen-bond donors (Lipinski definition) is 1. The van der Waals surface area contributed by atoms with Gasteiger partial charge >= 0.3 is 0 Å². The zero-order valence-corrected chi connectivity index (χ0v) is 11.4. The Balaban J connectivity index is 2.30. The molecule has 0 aliphatic rings. The third-order valence-electron chi connectivity index (χ3n) is 2.85. The second-order valence-electron chi connectivity index (χ2n) is 4.22. The van der Waals surface area contributed by atoms with Crippen LogP contribution in [0.25, 0.3) is 0 Å². The minimum absolute atomic E-state index is 0.0526. The number of aryl methyl sites for hydroxylation is 1. The molecule has 2 aromatic heterocycles. The lowest BCUT2D eigenvalue weighted by Gasteiger charge is -2.18. The zero-order valence-electron chi connectivity index (χ0n) is 10.6. The predicted molar refractivity (Wildman–Crippen MR) is 73.4 cm³/mol. The van der Waals surface area contributed by atoms with Crippen molar-refractivity contribution in [2.45, 2.75) is 26.3 Å². The summed E-state index contributed by atoms with van der Waals surface area (Å²) in [6, 6.07) is 5.37. The summed E-state index contributed by atoms with van der Waals surface area (Å²) < 4.78 is 12.9. The number of aromatic nitrogens is 1. The largest absolute Gasteiger partial charge is 0.305 e. The summed E-state index contributed by atoms with van der Waals surface area (Å²) in [5.41, 5.74) is 2.10. The van der Waals surface area contributed by atoms with Crippen molar-refractivity contribution in [1.29, 1.82) is 0 Å². The molecule has 0 fully saturated rings. The SMILES string of the molecule is CCCNC(c1ccc(F)cn1)c1ccsc1C. The van der Waals surface area contributed by atoms with Crippen LogP contribution in [0.15, 0.2) is 29.8 Å². The summed E-state index contributed by atoms with van der Waals surface area (Å²) in [5, 5.41) is 5.55. The van der Waals surface area contributed by atoms with Crippen molar-refractivity contribution in [1.82, 2.24) is 10.3 Å². The van der Waals surface area contributed by atoms with Gasteiger partial charge in [-0.25, -0.2) is 4.39 Å². The molecule has 0 saturated carbocycles. The van der Waals surface area contributed by atoms with Gasteiger partial charge in [0.15, 0.2) is 0 Å². The molecule has 0 bridgehead atoms. The van der Waals surface area contributed by atoms with E-state index in [4.69, 9.17) is 0 Å². The van der Waals surface area contributed by atoms with Crippen LogP contribution in [0.4, 0.5) is 4.39 Å². The molecule has 2 rings (SSSR count). The van der Waals surface area contributed by atoms with E-state index < -0.39 is 0 Å². The van der Waals surface area contributed by atoms with Crippen molar-refractivity contribution in [2.24, 2.45) is 0 Å². The van der Waals surface area contributed by atoms with Gasteiger partial charge in [-0.1, -0.05) is 6.92 Å².